The summed E-state index contributed by atoms with van der Waals surface area (Å²) in [5.41, 5.74) is 2.93. The van der Waals surface area contributed by atoms with Crippen LogP contribution in [0.2, 0.25) is 0 Å². The molecule has 4 heterocycles. The van der Waals surface area contributed by atoms with Crippen molar-refractivity contribution in [3.8, 4) is 11.1 Å². The molecule has 0 unspecified atom stereocenters. The van der Waals surface area contributed by atoms with E-state index in [0.717, 1.165) is 53.0 Å². The zero-order valence-electron chi connectivity index (χ0n) is 22.0. The Morgan fingerprint density at radius 3 is 2.44 bits per heavy atom. The maximum atomic E-state index is 13.3. The zero-order chi connectivity index (χ0) is 26.8. The topological polar surface area (TPSA) is 90.5 Å². The van der Waals surface area contributed by atoms with Crippen LogP contribution < -0.4 is 15.5 Å². The first-order chi connectivity index (χ1) is 19.1. The number of amides is 2. The highest BCUT2D eigenvalue weighted by molar-refractivity contribution is 7.18. The van der Waals surface area contributed by atoms with Gasteiger partial charge in [0.25, 0.3) is 5.91 Å². The van der Waals surface area contributed by atoms with Crippen LogP contribution in [0, 0.1) is 0 Å². The van der Waals surface area contributed by atoms with E-state index >= 15 is 0 Å². The Kier molecular flexibility index (Phi) is 7.26. The largest absolute Gasteiger partial charge is 0.352 e. The molecule has 0 spiro atoms. The molecule has 2 amide bonds. The fraction of sp³-hybridized carbons (Fsp3) is 0.333. The smallest absolute Gasteiger partial charge is 0.253 e. The third-order valence-electron chi connectivity index (χ3n) is 7.49. The Morgan fingerprint density at radius 2 is 1.74 bits per heavy atom. The molecule has 0 bridgehead atoms. The standard InChI is InChI=1S/C30H32N6O2S/c1-2-23-19-24-26(32-30(34-28(24)39-23)33-27(37)25-9-6-14-31-25)35-15-17-36(18-16-35)29(38)22-12-10-21(11-13-22)20-7-4-3-5-8-20/h3-5,7-8,10-13,19,25,31H,2,6,9,14-18H2,1H3,(H,32,33,34,37)/t25-/m1/s1. The van der Waals surface area contributed by atoms with Crippen LogP contribution in [-0.2, 0) is 11.2 Å². The van der Waals surface area contributed by atoms with E-state index in [1.54, 1.807) is 11.3 Å². The van der Waals surface area contributed by atoms with E-state index in [1.807, 2.05) is 47.4 Å². The predicted molar refractivity (Wildman–Crippen MR) is 156 cm³/mol. The number of benzene rings is 2. The van der Waals surface area contributed by atoms with Crippen LogP contribution in [0.4, 0.5) is 11.8 Å². The second-order valence-corrected chi connectivity index (χ2v) is 11.1. The molecular weight excluding hydrogens is 508 g/mol. The summed E-state index contributed by atoms with van der Waals surface area (Å²) in [6, 6.07) is 20.0. The maximum Gasteiger partial charge on any atom is 0.253 e. The van der Waals surface area contributed by atoms with Crippen molar-refractivity contribution in [3.63, 3.8) is 0 Å². The van der Waals surface area contributed by atoms with E-state index in [2.05, 4.69) is 45.6 Å². The lowest BCUT2D eigenvalue weighted by Gasteiger charge is -2.35. The predicted octanol–water partition coefficient (Wildman–Crippen LogP) is 4.57. The molecule has 0 radical (unpaired) electrons. The van der Waals surface area contributed by atoms with Crippen molar-refractivity contribution in [1.29, 1.82) is 0 Å². The third-order valence-corrected chi connectivity index (χ3v) is 8.66. The number of nitrogens with one attached hydrogen (secondary N) is 2. The Balaban J connectivity index is 1.17. The number of fused-ring (bicyclic) bond motifs is 1. The van der Waals surface area contributed by atoms with Crippen molar-refractivity contribution in [2.24, 2.45) is 0 Å². The first-order valence-electron chi connectivity index (χ1n) is 13.6. The Labute approximate surface area is 232 Å². The highest BCUT2D eigenvalue weighted by Gasteiger charge is 2.27. The molecule has 2 N–H and O–H groups in total. The number of nitrogens with zero attached hydrogens (tertiary/aromatic N) is 4. The van der Waals surface area contributed by atoms with Gasteiger partial charge in [0.2, 0.25) is 11.9 Å². The summed E-state index contributed by atoms with van der Waals surface area (Å²) in [5.74, 6) is 1.13. The van der Waals surface area contributed by atoms with Gasteiger partial charge in [-0.15, -0.1) is 11.3 Å². The van der Waals surface area contributed by atoms with Gasteiger partial charge in [0.15, 0.2) is 0 Å². The zero-order valence-corrected chi connectivity index (χ0v) is 22.8. The Hall–Kier alpha value is -3.82. The minimum Gasteiger partial charge on any atom is -0.352 e. The van der Waals surface area contributed by atoms with Crippen LogP contribution >= 0.6 is 11.3 Å². The van der Waals surface area contributed by atoms with Crippen LogP contribution in [-0.4, -0.2) is 65.4 Å². The van der Waals surface area contributed by atoms with E-state index < -0.39 is 0 Å². The molecule has 6 rings (SSSR count). The van der Waals surface area contributed by atoms with Gasteiger partial charge in [0, 0.05) is 36.6 Å². The molecule has 2 aliphatic rings. The summed E-state index contributed by atoms with van der Waals surface area (Å²) in [4.78, 5) is 41.7. The Bertz CT molecular complexity index is 1470. The SMILES string of the molecule is CCc1cc2c(N3CCN(C(=O)c4ccc(-c5ccccc5)cc4)CC3)nc(NC(=O)[C@H]3CCCN3)nc2s1. The van der Waals surface area contributed by atoms with Crippen molar-refractivity contribution >= 4 is 45.1 Å². The number of hydrogen-bond donors (Lipinski definition) is 2. The van der Waals surface area contributed by atoms with Gasteiger partial charge in [-0.1, -0.05) is 49.4 Å². The number of anilines is 2. The molecule has 2 saturated heterocycles. The van der Waals surface area contributed by atoms with Crippen molar-refractivity contribution in [3.05, 3.63) is 71.1 Å². The number of piperazine rings is 1. The molecule has 4 aromatic rings. The quantitative estimate of drug-likeness (QED) is 0.372. The molecule has 2 fully saturated rings. The van der Waals surface area contributed by atoms with Crippen LogP contribution in [0.1, 0.15) is 35.0 Å². The fourth-order valence-corrected chi connectivity index (χ4v) is 6.23. The van der Waals surface area contributed by atoms with Gasteiger partial charge < -0.3 is 15.1 Å². The van der Waals surface area contributed by atoms with Gasteiger partial charge in [-0.3, -0.25) is 14.9 Å². The lowest BCUT2D eigenvalue weighted by molar-refractivity contribution is -0.117. The third kappa shape index (κ3) is 5.37. The van der Waals surface area contributed by atoms with Crippen molar-refractivity contribution < 1.29 is 9.59 Å². The van der Waals surface area contributed by atoms with Gasteiger partial charge >= 0.3 is 0 Å². The van der Waals surface area contributed by atoms with Gasteiger partial charge in [0.05, 0.1) is 11.4 Å². The number of carbonyl (C=O) groups excluding carboxylic acids is 2. The molecule has 8 nitrogen and oxygen atoms in total. The Morgan fingerprint density at radius 1 is 1.00 bits per heavy atom. The first kappa shape index (κ1) is 25.5. The summed E-state index contributed by atoms with van der Waals surface area (Å²) in [7, 11) is 0. The van der Waals surface area contributed by atoms with Crippen LogP contribution in [0.5, 0.6) is 0 Å². The number of carbonyl (C=O) groups is 2. The average Bonchev–Trinajstić information content (AvgIpc) is 3.68. The normalized spacial score (nSPS) is 17.5. The average molecular weight is 541 g/mol. The second kappa shape index (κ2) is 11.1. The highest BCUT2D eigenvalue weighted by atomic mass is 32.1. The lowest BCUT2D eigenvalue weighted by atomic mass is 10.0. The van der Waals surface area contributed by atoms with Gasteiger partial charge in [0.1, 0.15) is 10.6 Å². The molecule has 0 saturated carbocycles. The minimum absolute atomic E-state index is 0.0444. The van der Waals surface area contributed by atoms with Crippen LogP contribution in [0.3, 0.4) is 0 Å². The van der Waals surface area contributed by atoms with Crippen molar-refractivity contribution in [2.75, 3.05) is 42.9 Å². The summed E-state index contributed by atoms with van der Waals surface area (Å²) in [6.07, 6.45) is 2.73. The van der Waals surface area contributed by atoms with E-state index in [4.69, 9.17) is 4.98 Å². The molecule has 2 aromatic heterocycles. The molecular formula is C30H32N6O2S. The minimum atomic E-state index is -0.196. The van der Waals surface area contributed by atoms with Crippen molar-refractivity contribution in [1.82, 2.24) is 20.2 Å². The number of aromatic nitrogens is 2. The fourth-order valence-electron chi connectivity index (χ4n) is 5.27. The lowest BCUT2D eigenvalue weighted by Crippen LogP contribution is -2.49. The molecule has 9 heteroatoms. The molecule has 2 aliphatic heterocycles. The van der Waals surface area contributed by atoms with E-state index in [0.29, 0.717) is 37.7 Å². The molecule has 39 heavy (non-hydrogen) atoms. The number of rotatable bonds is 6. The summed E-state index contributed by atoms with van der Waals surface area (Å²) >= 11 is 1.64. The van der Waals surface area contributed by atoms with E-state index in [1.165, 1.54) is 4.88 Å². The van der Waals surface area contributed by atoms with Gasteiger partial charge in [-0.2, -0.15) is 4.98 Å². The summed E-state index contributed by atoms with van der Waals surface area (Å²) in [5, 5.41) is 7.18. The van der Waals surface area contributed by atoms with Crippen molar-refractivity contribution in [2.45, 2.75) is 32.2 Å². The van der Waals surface area contributed by atoms with E-state index in [-0.39, 0.29) is 17.9 Å². The number of thiophene rings is 1. The summed E-state index contributed by atoms with van der Waals surface area (Å²) < 4.78 is 0. The molecule has 2 aromatic carbocycles. The van der Waals surface area contributed by atoms with E-state index in [9.17, 15) is 9.59 Å². The monoisotopic (exact) mass is 540 g/mol. The summed E-state index contributed by atoms with van der Waals surface area (Å²) in [6.45, 7) is 5.51. The van der Waals surface area contributed by atoms with Crippen LogP contribution in [0.25, 0.3) is 21.3 Å². The van der Waals surface area contributed by atoms with Crippen LogP contribution in [0.15, 0.2) is 60.7 Å². The molecule has 1 atom stereocenters. The van der Waals surface area contributed by atoms with Gasteiger partial charge in [-0.05, 0) is 55.1 Å². The molecule has 200 valence electrons. The maximum absolute atomic E-state index is 13.3. The second-order valence-electron chi connectivity index (χ2n) is 10.0. The first-order valence-corrected chi connectivity index (χ1v) is 14.4. The van der Waals surface area contributed by atoms with Gasteiger partial charge in [-0.25, -0.2) is 4.98 Å². The highest BCUT2D eigenvalue weighted by Crippen LogP contribution is 2.33. The number of aryl methyl sites for hydroxylation is 1. The number of hydrogen-bond acceptors (Lipinski definition) is 7. The molecule has 0 aliphatic carbocycles.